The molecule has 0 spiro atoms. The molecule has 4 N–H and O–H groups in total. The van der Waals surface area contributed by atoms with Crippen LogP contribution in [0.5, 0.6) is 0 Å². The summed E-state index contributed by atoms with van der Waals surface area (Å²) in [5.41, 5.74) is 4.81. The summed E-state index contributed by atoms with van der Waals surface area (Å²) in [5.74, 6) is -1.30. The average molecular weight is 480 g/mol. The second-order valence-corrected chi connectivity index (χ2v) is 9.73. The van der Waals surface area contributed by atoms with Crippen LogP contribution in [0.2, 0.25) is 0 Å². The van der Waals surface area contributed by atoms with Crippen molar-refractivity contribution in [3.8, 4) is 0 Å². The van der Waals surface area contributed by atoms with Crippen molar-refractivity contribution in [3.63, 3.8) is 0 Å². The van der Waals surface area contributed by atoms with Crippen LogP contribution in [-0.4, -0.2) is 42.2 Å². The molecule has 0 radical (unpaired) electrons. The summed E-state index contributed by atoms with van der Waals surface area (Å²) in [6, 6.07) is 15.1. The number of nitrogen functional groups attached to an aromatic ring is 1. The number of Topliss-reactive ketones (excluding diaryl/α,β-unsaturated/α-hetero) is 2. The fourth-order valence-electron chi connectivity index (χ4n) is 4.27. The number of thioether (sulfide) groups is 1. The Morgan fingerprint density at radius 3 is 2.41 bits per heavy atom. The van der Waals surface area contributed by atoms with Crippen molar-refractivity contribution >= 4 is 29.1 Å². The van der Waals surface area contributed by atoms with E-state index in [1.54, 1.807) is 62.4 Å². The smallest absolute Gasteiger partial charge is 0.350 e. The summed E-state index contributed by atoms with van der Waals surface area (Å²) in [6.07, 6.45) is -0.339. The van der Waals surface area contributed by atoms with Gasteiger partial charge in [0.15, 0.2) is 11.6 Å². The van der Waals surface area contributed by atoms with E-state index < -0.39 is 39.6 Å². The van der Waals surface area contributed by atoms with Gasteiger partial charge in [0, 0.05) is 18.2 Å². The molecule has 0 saturated carbocycles. The summed E-state index contributed by atoms with van der Waals surface area (Å²) in [5, 5.41) is 20.6. The van der Waals surface area contributed by atoms with Crippen LogP contribution in [0.1, 0.15) is 44.9 Å². The maximum Gasteiger partial charge on any atom is 0.350 e. The van der Waals surface area contributed by atoms with E-state index in [9.17, 15) is 24.6 Å². The van der Waals surface area contributed by atoms with E-state index in [-0.39, 0.29) is 17.8 Å². The molecular formula is C25H25N3O5S. The number of aromatic nitrogens is 2. The van der Waals surface area contributed by atoms with Gasteiger partial charge in [-0.15, -0.1) is 11.8 Å². The normalized spacial score (nSPS) is 22.9. The Morgan fingerprint density at radius 1 is 1.12 bits per heavy atom. The third-order valence-electron chi connectivity index (χ3n) is 6.17. The Morgan fingerprint density at radius 2 is 1.76 bits per heavy atom. The van der Waals surface area contributed by atoms with Gasteiger partial charge in [0.1, 0.15) is 22.8 Å². The van der Waals surface area contributed by atoms with Crippen molar-refractivity contribution in [3.05, 3.63) is 93.5 Å². The Balaban J connectivity index is 1.78. The highest BCUT2D eigenvalue weighted by Gasteiger charge is 2.57. The number of anilines is 1. The summed E-state index contributed by atoms with van der Waals surface area (Å²) >= 11 is 0.958. The number of ketones is 2. The maximum atomic E-state index is 13.6. The van der Waals surface area contributed by atoms with Gasteiger partial charge in [0.2, 0.25) is 0 Å². The zero-order chi connectivity index (χ0) is 24.6. The van der Waals surface area contributed by atoms with Crippen molar-refractivity contribution in [1.82, 2.24) is 9.55 Å². The fourth-order valence-corrected chi connectivity index (χ4v) is 5.91. The van der Waals surface area contributed by atoms with Crippen LogP contribution in [0.3, 0.4) is 0 Å². The Bertz CT molecular complexity index is 1320. The van der Waals surface area contributed by atoms with E-state index in [1.807, 2.05) is 0 Å². The van der Waals surface area contributed by atoms with E-state index in [0.29, 0.717) is 16.7 Å². The Labute approximate surface area is 200 Å². The third kappa shape index (κ3) is 4.18. The van der Waals surface area contributed by atoms with E-state index in [4.69, 9.17) is 5.73 Å². The summed E-state index contributed by atoms with van der Waals surface area (Å²) in [6.45, 7) is 3.50. The topological polar surface area (TPSA) is 136 Å². The molecule has 1 saturated heterocycles. The summed E-state index contributed by atoms with van der Waals surface area (Å²) in [7, 11) is 0. The van der Waals surface area contributed by atoms with Gasteiger partial charge in [0.25, 0.3) is 0 Å². The SMILES string of the molecule is Cc1ccccc1C(=O)[C@]1(O)C[C@@H](n2ccc(N)nc2=O)S[C@H]1C(=O)C(O)c1ccccc1C. The molecule has 1 aliphatic heterocycles. The minimum absolute atomic E-state index is 0.0399. The van der Waals surface area contributed by atoms with Crippen LogP contribution < -0.4 is 11.4 Å². The first-order valence-corrected chi connectivity index (χ1v) is 11.7. The number of carbonyl (C=O) groups is 2. The minimum Gasteiger partial charge on any atom is -0.383 e. The molecule has 4 atom stereocenters. The number of carbonyl (C=O) groups excluding carboxylic acids is 2. The van der Waals surface area contributed by atoms with Gasteiger partial charge in [-0.05, 0) is 36.6 Å². The minimum atomic E-state index is -2.15. The molecule has 4 rings (SSSR count). The molecule has 34 heavy (non-hydrogen) atoms. The van der Waals surface area contributed by atoms with Gasteiger partial charge in [-0.3, -0.25) is 14.2 Å². The monoisotopic (exact) mass is 479 g/mol. The summed E-state index contributed by atoms with van der Waals surface area (Å²) < 4.78 is 1.24. The molecule has 1 aliphatic rings. The fraction of sp³-hybridized carbons (Fsp3) is 0.280. The summed E-state index contributed by atoms with van der Waals surface area (Å²) in [4.78, 5) is 43.4. The van der Waals surface area contributed by atoms with E-state index in [1.165, 1.54) is 16.8 Å². The molecule has 2 aromatic carbocycles. The van der Waals surface area contributed by atoms with E-state index in [0.717, 1.165) is 11.8 Å². The van der Waals surface area contributed by atoms with Crippen molar-refractivity contribution in [2.45, 2.75) is 42.6 Å². The lowest BCUT2D eigenvalue weighted by molar-refractivity contribution is -0.130. The quantitative estimate of drug-likeness (QED) is 0.459. The Kier molecular flexibility index (Phi) is 6.44. The highest BCUT2D eigenvalue weighted by Crippen LogP contribution is 2.50. The zero-order valence-corrected chi connectivity index (χ0v) is 19.5. The first kappa shape index (κ1) is 23.9. The lowest BCUT2D eigenvalue weighted by Crippen LogP contribution is -2.50. The standard InChI is InChI=1S/C25H25N3O5S/c1-14-7-3-5-9-16(14)20(29)21(30)23-25(33,22(31)17-10-6-4-8-15(17)2)13-19(34-23)28-12-11-18(26)27-24(28)32/h3-12,19-20,23,29,33H,13H2,1-2H3,(H2,26,27,32)/t19-,20?,23-,25+/m0/s1. The molecule has 8 nitrogen and oxygen atoms in total. The number of aliphatic hydroxyl groups is 2. The number of hydrogen-bond acceptors (Lipinski definition) is 8. The largest absolute Gasteiger partial charge is 0.383 e. The van der Waals surface area contributed by atoms with E-state index in [2.05, 4.69) is 4.98 Å². The highest BCUT2D eigenvalue weighted by atomic mass is 32.2. The first-order chi connectivity index (χ1) is 16.1. The molecular weight excluding hydrogens is 454 g/mol. The number of aryl methyl sites for hydroxylation is 2. The van der Waals surface area contributed by atoms with Gasteiger partial charge >= 0.3 is 5.69 Å². The molecule has 0 aliphatic carbocycles. The van der Waals surface area contributed by atoms with Crippen LogP contribution >= 0.6 is 11.8 Å². The number of nitrogens with two attached hydrogens (primary N) is 1. The van der Waals surface area contributed by atoms with Crippen LogP contribution in [0, 0.1) is 13.8 Å². The number of benzene rings is 2. The Hall–Kier alpha value is -3.27. The second-order valence-electron chi connectivity index (χ2n) is 8.45. The molecule has 1 fully saturated rings. The molecule has 1 unspecified atom stereocenters. The van der Waals surface area contributed by atoms with Crippen LogP contribution in [0.25, 0.3) is 0 Å². The number of nitrogens with zero attached hydrogens (tertiary/aromatic N) is 2. The van der Waals surface area contributed by atoms with Crippen LogP contribution in [0.15, 0.2) is 65.6 Å². The van der Waals surface area contributed by atoms with Gasteiger partial charge in [-0.1, -0.05) is 48.5 Å². The second kappa shape index (κ2) is 9.17. The van der Waals surface area contributed by atoms with Crippen LogP contribution in [-0.2, 0) is 4.79 Å². The molecule has 9 heteroatoms. The van der Waals surface area contributed by atoms with Gasteiger partial charge < -0.3 is 15.9 Å². The predicted molar refractivity (Wildman–Crippen MR) is 130 cm³/mol. The molecule has 2 heterocycles. The first-order valence-electron chi connectivity index (χ1n) is 10.7. The van der Waals surface area contributed by atoms with Gasteiger partial charge in [-0.2, -0.15) is 4.98 Å². The third-order valence-corrected chi connectivity index (χ3v) is 7.77. The van der Waals surface area contributed by atoms with Crippen molar-refractivity contribution in [1.29, 1.82) is 0 Å². The van der Waals surface area contributed by atoms with Crippen molar-refractivity contribution < 1.29 is 19.8 Å². The lowest BCUT2D eigenvalue weighted by Gasteiger charge is -2.29. The van der Waals surface area contributed by atoms with Crippen molar-refractivity contribution in [2.75, 3.05) is 5.73 Å². The predicted octanol–water partition coefficient (Wildman–Crippen LogP) is 2.36. The molecule has 176 valence electrons. The van der Waals surface area contributed by atoms with Gasteiger partial charge in [0.05, 0.1) is 5.37 Å². The average Bonchev–Trinajstić information content (AvgIpc) is 3.16. The lowest BCUT2D eigenvalue weighted by atomic mass is 9.82. The zero-order valence-electron chi connectivity index (χ0n) is 18.7. The van der Waals surface area contributed by atoms with Crippen molar-refractivity contribution in [2.24, 2.45) is 0 Å². The van der Waals surface area contributed by atoms with Crippen LogP contribution in [0.4, 0.5) is 5.82 Å². The number of hydrogen-bond donors (Lipinski definition) is 3. The maximum absolute atomic E-state index is 13.6. The molecule has 0 bridgehead atoms. The number of aliphatic hydroxyl groups excluding tert-OH is 1. The molecule has 3 aromatic rings. The molecule has 1 aromatic heterocycles. The number of rotatable bonds is 6. The molecule has 0 amide bonds. The van der Waals surface area contributed by atoms with E-state index >= 15 is 0 Å². The van der Waals surface area contributed by atoms with Gasteiger partial charge in [-0.25, -0.2) is 4.79 Å². The highest BCUT2D eigenvalue weighted by molar-refractivity contribution is 8.01.